The van der Waals surface area contributed by atoms with Gasteiger partial charge in [0, 0.05) is 6.54 Å². The van der Waals surface area contributed by atoms with E-state index in [-0.39, 0.29) is 24.7 Å². The van der Waals surface area contributed by atoms with E-state index in [1.165, 1.54) is 0 Å². The molecule has 5 heteroatoms. The fourth-order valence-electron chi connectivity index (χ4n) is 1.52. The fraction of sp³-hybridized carbons (Fsp3) is 0.500. The number of hydrogen-bond acceptors (Lipinski definition) is 4. The summed E-state index contributed by atoms with van der Waals surface area (Å²) in [6.45, 7) is 4.28. The number of ether oxygens (including phenoxy) is 1. The number of sulfone groups is 1. The van der Waals surface area contributed by atoms with Crippen LogP contribution >= 0.6 is 0 Å². The Morgan fingerprint density at radius 3 is 2.53 bits per heavy atom. The van der Waals surface area contributed by atoms with Crippen molar-refractivity contribution in [1.82, 2.24) is 0 Å². The number of hydrogen-bond donors (Lipinski definition) is 1. The van der Waals surface area contributed by atoms with Crippen molar-refractivity contribution in [3.05, 3.63) is 29.3 Å². The van der Waals surface area contributed by atoms with Crippen molar-refractivity contribution in [1.29, 1.82) is 0 Å². The molecule has 0 atom stereocenters. The third-order valence-electron chi connectivity index (χ3n) is 2.41. The van der Waals surface area contributed by atoms with E-state index >= 15 is 0 Å². The molecule has 0 amide bonds. The minimum Gasteiger partial charge on any atom is -0.492 e. The molecule has 96 valence electrons. The lowest BCUT2D eigenvalue weighted by Crippen LogP contribution is -2.22. The molecule has 0 aliphatic heterocycles. The molecule has 0 saturated carbocycles. The molecular formula is C12H19NO3S. The average Bonchev–Trinajstić information content (AvgIpc) is 2.21. The summed E-state index contributed by atoms with van der Waals surface area (Å²) in [5, 5.41) is 0. The van der Waals surface area contributed by atoms with Crippen molar-refractivity contribution in [2.45, 2.75) is 13.8 Å². The second kappa shape index (κ2) is 6.02. The number of aryl methyl sites for hydroxylation is 2. The van der Waals surface area contributed by atoms with Crippen LogP contribution in [0.4, 0.5) is 0 Å². The third kappa shape index (κ3) is 4.75. The summed E-state index contributed by atoms with van der Waals surface area (Å²) in [5.74, 6) is 0.763. The Hall–Kier alpha value is -1.07. The van der Waals surface area contributed by atoms with Crippen LogP contribution in [0.25, 0.3) is 0 Å². The smallest absolute Gasteiger partial charge is 0.154 e. The maximum Gasteiger partial charge on any atom is 0.154 e. The first kappa shape index (κ1) is 14.0. The maximum absolute atomic E-state index is 11.4. The predicted molar refractivity (Wildman–Crippen MR) is 69.1 cm³/mol. The Morgan fingerprint density at radius 2 is 1.94 bits per heavy atom. The van der Waals surface area contributed by atoms with Crippen molar-refractivity contribution >= 4 is 9.84 Å². The molecule has 17 heavy (non-hydrogen) atoms. The van der Waals surface area contributed by atoms with E-state index in [1.807, 2.05) is 32.0 Å². The minimum atomic E-state index is -3.07. The van der Waals surface area contributed by atoms with Crippen molar-refractivity contribution in [3.8, 4) is 5.75 Å². The topological polar surface area (TPSA) is 69.4 Å². The minimum absolute atomic E-state index is 0.0114. The van der Waals surface area contributed by atoms with Gasteiger partial charge in [0.25, 0.3) is 0 Å². The molecule has 0 fully saturated rings. The normalized spacial score (nSPS) is 11.5. The molecule has 0 saturated heterocycles. The lowest BCUT2D eigenvalue weighted by Gasteiger charge is -2.09. The van der Waals surface area contributed by atoms with Gasteiger partial charge in [-0.05, 0) is 25.5 Å². The van der Waals surface area contributed by atoms with E-state index in [0.717, 1.165) is 16.9 Å². The highest BCUT2D eigenvalue weighted by Crippen LogP contribution is 2.18. The van der Waals surface area contributed by atoms with E-state index in [0.29, 0.717) is 0 Å². The zero-order valence-corrected chi connectivity index (χ0v) is 11.1. The summed E-state index contributed by atoms with van der Waals surface area (Å²) in [6, 6.07) is 5.81. The first-order valence-corrected chi connectivity index (χ1v) is 7.37. The van der Waals surface area contributed by atoms with E-state index in [4.69, 9.17) is 10.5 Å². The summed E-state index contributed by atoms with van der Waals surface area (Å²) in [6.07, 6.45) is 0. The quantitative estimate of drug-likeness (QED) is 0.827. The first-order chi connectivity index (χ1) is 7.94. The molecule has 0 aromatic heterocycles. The van der Waals surface area contributed by atoms with Gasteiger partial charge in [0.15, 0.2) is 9.84 Å². The van der Waals surface area contributed by atoms with E-state index in [1.54, 1.807) is 0 Å². The van der Waals surface area contributed by atoms with Crippen LogP contribution in [0.1, 0.15) is 11.1 Å². The fourth-order valence-corrected chi connectivity index (χ4v) is 2.42. The van der Waals surface area contributed by atoms with Gasteiger partial charge in [-0.2, -0.15) is 0 Å². The van der Waals surface area contributed by atoms with Gasteiger partial charge >= 0.3 is 0 Å². The molecule has 1 rings (SSSR count). The van der Waals surface area contributed by atoms with Crippen molar-refractivity contribution < 1.29 is 13.2 Å². The molecule has 0 aliphatic rings. The summed E-state index contributed by atoms with van der Waals surface area (Å²) < 4.78 is 28.3. The number of rotatable bonds is 6. The van der Waals surface area contributed by atoms with E-state index in [9.17, 15) is 8.42 Å². The van der Waals surface area contributed by atoms with Crippen LogP contribution in [0, 0.1) is 13.8 Å². The van der Waals surface area contributed by atoms with Crippen LogP contribution < -0.4 is 10.5 Å². The molecule has 4 nitrogen and oxygen atoms in total. The zero-order valence-electron chi connectivity index (χ0n) is 10.3. The Morgan fingerprint density at radius 1 is 1.24 bits per heavy atom. The monoisotopic (exact) mass is 257 g/mol. The highest BCUT2D eigenvalue weighted by Gasteiger charge is 2.10. The molecule has 1 aromatic carbocycles. The van der Waals surface area contributed by atoms with Crippen LogP contribution in [-0.4, -0.2) is 33.1 Å². The molecule has 2 N–H and O–H groups in total. The predicted octanol–water partition coefficient (Wildman–Crippen LogP) is 1.06. The number of benzene rings is 1. The standard InChI is InChI=1S/C12H19NO3S/c1-10-3-4-12(11(2)9-10)16-6-8-17(14,15)7-5-13/h3-4,9H,5-8,13H2,1-2H3. The van der Waals surface area contributed by atoms with E-state index < -0.39 is 9.84 Å². The maximum atomic E-state index is 11.4. The van der Waals surface area contributed by atoms with Crippen LogP contribution in [0.3, 0.4) is 0 Å². The lowest BCUT2D eigenvalue weighted by atomic mass is 10.1. The number of nitrogens with two attached hydrogens (primary N) is 1. The van der Waals surface area contributed by atoms with Crippen molar-refractivity contribution in [2.24, 2.45) is 5.73 Å². The van der Waals surface area contributed by atoms with Crippen LogP contribution in [0.2, 0.25) is 0 Å². The van der Waals surface area contributed by atoms with Gasteiger partial charge < -0.3 is 10.5 Å². The van der Waals surface area contributed by atoms with Gasteiger partial charge in [0.05, 0.1) is 11.5 Å². The molecule has 0 radical (unpaired) electrons. The Labute approximate surface area is 103 Å². The second-order valence-corrected chi connectivity index (χ2v) is 6.36. The SMILES string of the molecule is Cc1ccc(OCCS(=O)(=O)CCN)c(C)c1. The molecule has 0 heterocycles. The van der Waals surface area contributed by atoms with Crippen molar-refractivity contribution in [2.75, 3.05) is 24.7 Å². The summed E-state index contributed by atoms with van der Waals surface area (Å²) in [5.41, 5.74) is 7.39. The van der Waals surface area contributed by atoms with Crippen LogP contribution in [0.5, 0.6) is 5.75 Å². The summed E-state index contributed by atoms with van der Waals surface area (Å²) in [4.78, 5) is 0. The lowest BCUT2D eigenvalue weighted by molar-refractivity contribution is 0.338. The Kier molecular flexibility index (Phi) is 4.96. The molecular weight excluding hydrogens is 238 g/mol. The highest BCUT2D eigenvalue weighted by molar-refractivity contribution is 7.91. The second-order valence-electron chi connectivity index (χ2n) is 4.06. The van der Waals surface area contributed by atoms with E-state index in [2.05, 4.69) is 0 Å². The Balaban J connectivity index is 2.51. The van der Waals surface area contributed by atoms with Gasteiger partial charge in [-0.15, -0.1) is 0 Å². The largest absolute Gasteiger partial charge is 0.492 e. The van der Waals surface area contributed by atoms with Crippen molar-refractivity contribution in [3.63, 3.8) is 0 Å². The van der Waals surface area contributed by atoms with Gasteiger partial charge in [-0.25, -0.2) is 8.42 Å². The average molecular weight is 257 g/mol. The Bertz CT molecular complexity index is 469. The van der Waals surface area contributed by atoms with Crippen LogP contribution in [0.15, 0.2) is 18.2 Å². The first-order valence-electron chi connectivity index (χ1n) is 5.55. The molecule has 0 aliphatic carbocycles. The summed E-state index contributed by atoms with van der Waals surface area (Å²) in [7, 11) is -3.07. The highest BCUT2D eigenvalue weighted by atomic mass is 32.2. The van der Waals surface area contributed by atoms with Gasteiger partial charge in [-0.1, -0.05) is 17.7 Å². The van der Waals surface area contributed by atoms with Crippen LogP contribution in [-0.2, 0) is 9.84 Å². The van der Waals surface area contributed by atoms with Gasteiger partial charge in [-0.3, -0.25) is 0 Å². The molecule has 0 spiro atoms. The summed E-state index contributed by atoms with van der Waals surface area (Å²) >= 11 is 0. The molecule has 0 bridgehead atoms. The van der Waals surface area contributed by atoms with Gasteiger partial charge in [0.1, 0.15) is 12.4 Å². The third-order valence-corrected chi connectivity index (χ3v) is 4.06. The molecule has 0 unspecified atom stereocenters. The van der Waals surface area contributed by atoms with Gasteiger partial charge in [0.2, 0.25) is 0 Å². The zero-order chi connectivity index (χ0) is 12.9. The molecule has 1 aromatic rings.